The minimum Gasteiger partial charge on any atom is -0.390 e. The summed E-state index contributed by atoms with van der Waals surface area (Å²) in [5, 5.41) is 15.3. The van der Waals surface area contributed by atoms with Gasteiger partial charge in [0.15, 0.2) is 0 Å². The fraction of sp³-hybridized carbons (Fsp3) is 0.458. The maximum absolute atomic E-state index is 14.1. The molecule has 31 heavy (non-hydrogen) atoms. The molecule has 0 saturated carbocycles. The van der Waals surface area contributed by atoms with Gasteiger partial charge in [-0.2, -0.15) is 0 Å². The van der Waals surface area contributed by atoms with E-state index in [0.717, 1.165) is 5.56 Å². The highest BCUT2D eigenvalue weighted by Gasteiger charge is 2.27. The molecule has 0 bridgehead atoms. The van der Waals surface area contributed by atoms with E-state index < -0.39 is 6.10 Å². The van der Waals surface area contributed by atoms with Crippen LogP contribution in [-0.4, -0.2) is 54.2 Å². The van der Waals surface area contributed by atoms with Gasteiger partial charge in [0.05, 0.1) is 18.4 Å². The first-order valence-corrected chi connectivity index (χ1v) is 11.0. The Morgan fingerprint density at radius 1 is 1.23 bits per heavy atom. The second-order valence-electron chi connectivity index (χ2n) is 8.36. The Morgan fingerprint density at radius 3 is 2.77 bits per heavy atom. The van der Waals surface area contributed by atoms with Crippen LogP contribution in [0.3, 0.4) is 0 Å². The third-order valence-electron chi connectivity index (χ3n) is 4.91. The van der Waals surface area contributed by atoms with Crippen molar-refractivity contribution in [1.82, 2.24) is 4.90 Å². The SMILES string of the molecule is CC(C)COC[C@@H](O)CN(Cc1cccc(Cl)c1)C[C@H]1CC(c2ccccc2F)=NO1. The summed E-state index contributed by atoms with van der Waals surface area (Å²) in [5.41, 5.74) is 2.11. The van der Waals surface area contributed by atoms with Crippen molar-refractivity contribution in [1.29, 1.82) is 0 Å². The van der Waals surface area contributed by atoms with Gasteiger partial charge in [0.2, 0.25) is 0 Å². The molecule has 7 heteroatoms. The monoisotopic (exact) mass is 448 g/mol. The molecule has 1 aliphatic heterocycles. The fourth-order valence-electron chi connectivity index (χ4n) is 3.56. The summed E-state index contributed by atoms with van der Waals surface area (Å²) in [6.07, 6.45) is -0.351. The van der Waals surface area contributed by atoms with Crippen LogP contribution < -0.4 is 0 Å². The second-order valence-corrected chi connectivity index (χ2v) is 8.79. The van der Waals surface area contributed by atoms with Gasteiger partial charge in [-0.3, -0.25) is 4.90 Å². The number of halogens is 2. The number of nitrogens with zero attached hydrogens (tertiary/aromatic N) is 2. The normalized spacial score (nSPS) is 17.1. The largest absolute Gasteiger partial charge is 0.390 e. The lowest BCUT2D eigenvalue weighted by molar-refractivity contribution is -0.00734. The molecule has 1 heterocycles. The van der Waals surface area contributed by atoms with Crippen molar-refractivity contribution in [3.8, 4) is 0 Å². The number of oxime groups is 1. The van der Waals surface area contributed by atoms with Gasteiger partial charge in [0, 0.05) is 43.2 Å². The molecule has 5 nitrogen and oxygen atoms in total. The minimum atomic E-state index is -0.633. The Bertz CT molecular complexity index is 877. The number of hydrogen-bond acceptors (Lipinski definition) is 5. The van der Waals surface area contributed by atoms with Gasteiger partial charge < -0.3 is 14.7 Å². The summed E-state index contributed by atoms with van der Waals surface area (Å²) in [4.78, 5) is 7.70. The van der Waals surface area contributed by atoms with Gasteiger partial charge >= 0.3 is 0 Å². The molecule has 3 rings (SSSR count). The van der Waals surface area contributed by atoms with Gasteiger partial charge in [-0.25, -0.2) is 4.39 Å². The summed E-state index contributed by atoms with van der Waals surface area (Å²) < 4.78 is 19.7. The molecular formula is C24H30ClFN2O3. The third kappa shape index (κ3) is 7.58. The standard InChI is InChI=1S/C24H30ClFN2O3/c1-17(2)15-30-16-20(29)13-28(12-18-6-5-7-19(25)10-18)14-21-11-24(27-31-21)22-8-3-4-9-23(22)26/h3-10,17,20-21,29H,11-16H2,1-2H3/t20-,21+/m0/s1. The minimum absolute atomic E-state index is 0.224. The van der Waals surface area contributed by atoms with Crippen LogP contribution in [0.4, 0.5) is 4.39 Å². The van der Waals surface area contributed by atoms with E-state index in [2.05, 4.69) is 23.9 Å². The molecule has 0 spiro atoms. The lowest BCUT2D eigenvalue weighted by Gasteiger charge is -2.27. The molecule has 168 valence electrons. The summed E-state index contributed by atoms with van der Waals surface area (Å²) in [7, 11) is 0. The molecule has 0 fully saturated rings. The van der Waals surface area contributed by atoms with Crippen molar-refractivity contribution in [3.63, 3.8) is 0 Å². The smallest absolute Gasteiger partial charge is 0.145 e. The number of rotatable bonds is 11. The van der Waals surface area contributed by atoms with Crippen LogP contribution in [-0.2, 0) is 16.1 Å². The van der Waals surface area contributed by atoms with E-state index in [4.69, 9.17) is 21.2 Å². The average molecular weight is 449 g/mol. The van der Waals surface area contributed by atoms with Gasteiger partial charge in [0.1, 0.15) is 11.9 Å². The molecule has 0 unspecified atom stereocenters. The molecule has 1 N–H and O–H groups in total. The molecule has 0 saturated heterocycles. The third-order valence-corrected chi connectivity index (χ3v) is 5.14. The maximum Gasteiger partial charge on any atom is 0.145 e. The number of hydrogen-bond donors (Lipinski definition) is 1. The summed E-state index contributed by atoms with van der Waals surface area (Å²) in [6, 6.07) is 14.2. The van der Waals surface area contributed by atoms with Crippen LogP contribution in [0.25, 0.3) is 0 Å². The van der Waals surface area contributed by atoms with Gasteiger partial charge in [-0.05, 0) is 29.7 Å². The Balaban J connectivity index is 1.61. The van der Waals surface area contributed by atoms with Gasteiger partial charge in [-0.15, -0.1) is 0 Å². The maximum atomic E-state index is 14.1. The number of ether oxygens (including phenoxy) is 1. The number of aliphatic hydroxyl groups excluding tert-OH is 1. The molecule has 2 aromatic rings. The van der Waals surface area contributed by atoms with E-state index in [1.165, 1.54) is 6.07 Å². The lowest BCUT2D eigenvalue weighted by atomic mass is 10.0. The first-order chi connectivity index (χ1) is 14.9. The zero-order valence-corrected chi connectivity index (χ0v) is 18.8. The molecule has 2 aromatic carbocycles. The Kier molecular flexibility index (Phi) is 8.84. The Hall–Kier alpha value is -1.99. The summed E-state index contributed by atoms with van der Waals surface area (Å²) in [5.74, 6) is 0.106. The van der Waals surface area contributed by atoms with E-state index >= 15 is 0 Å². The zero-order valence-electron chi connectivity index (χ0n) is 18.0. The fourth-order valence-corrected chi connectivity index (χ4v) is 3.77. The van der Waals surface area contributed by atoms with Crippen LogP contribution in [0.1, 0.15) is 31.4 Å². The average Bonchev–Trinajstić information content (AvgIpc) is 3.16. The topological polar surface area (TPSA) is 54.3 Å². The van der Waals surface area contributed by atoms with Crippen LogP contribution in [0.2, 0.25) is 5.02 Å². The molecule has 0 amide bonds. The van der Waals surface area contributed by atoms with Crippen molar-refractivity contribution in [2.45, 2.75) is 39.0 Å². The summed E-state index contributed by atoms with van der Waals surface area (Å²) in [6.45, 7) is 6.57. The highest BCUT2D eigenvalue weighted by molar-refractivity contribution is 6.30. The lowest BCUT2D eigenvalue weighted by Crippen LogP contribution is -2.39. The van der Waals surface area contributed by atoms with Crippen LogP contribution in [0.15, 0.2) is 53.7 Å². The Morgan fingerprint density at radius 2 is 2.03 bits per heavy atom. The van der Waals surface area contributed by atoms with Crippen LogP contribution in [0.5, 0.6) is 0 Å². The molecule has 0 radical (unpaired) electrons. The number of benzene rings is 2. The molecule has 1 aliphatic rings. The highest BCUT2D eigenvalue weighted by atomic mass is 35.5. The van der Waals surface area contributed by atoms with E-state index in [9.17, 15) is 9.50 Å². The van der Waals surface area contributed by atoms with E-state index in [-0.39, 0.29) is 18.5 Å². The van der Waals surface area contributed by atoms with Crippen molar-refractivity contribution in [2.75, 3.05) is 26.3 Å². The van der Waals surface area contributed by atoms with Crippen molar-refractivity contribution < 1.29 is 19.1 Å². The van der Waals surface area contributed by atoms with Crippen LogP contribution in [0, 0.1) is 11.7 Å². The second kappa shape index (κ2) is 11.6. The first-order valence-electron chi connectivity index (χ1n) is 10.6. The number of aliphatic hydroxyl groups is 1. The molecule has 2 atom stereocenters. The van der Waals surface area contributed by atoms with E-state index in [1.54, 1.807) is 18.2 Å². The first kappa shape index (κ1) is 23.7. The van der Waals surface area contributed by atoms with Gasteiger partial charge in [0.25, 0.3) is 0 Å². The van der Waals surface area contributed by atoms with Crippen molar-refractivity contribution >= 4 is 17.3 Å². The molecule has 0 aliphatic carbocycles. The molecular weight excluding hydrogens is 419 g/mol. The molecule has 0 aromatic heterocycles. The summed E-state index contributed by atoms with van der Waals surface area (Å²) >= 11 is 6.14. The van der Waals surface area contributed by atoms with Crippen molar-refractivity contribution in [2.24, 2.45) is 11.1 Å². The predicted octanol–water partition coefficient (Wildman–Crippen LogP) is 4.51. The van der Waals surface area contributed by atoms with Crippen molar-refractivity contribution in [3.05, 3.63) is 70.5 Å². The van der Waals surface area contributed by atoms with Crippen LogP contribution >= 0.6 is 11.6 Å². The highest BCUT2D eigenvalue weighted by Crippen LogP contribution is 2.21. The predicted molar refractivity (Wildman–Crippen MR) is 121 cm³/mol. The van der Waals surface area contributed by atoms with Gasteiger partial charge in [-0.1, -0.05) is 60.9 Å². The quantitative estimate of drug-likeness (QED) is 0.549. The Labute approximate surface area is 188 Å². The van der Waals surface area contributed by atoms with E-state index in [0.29, 0.717) is 54.9 Å². The zero-order chi connectivity index (χ0) is 22.2. The van der Waals surface area contributed by atoms with E-state index in [1.807, 2.05) is 24.3 Å².